The van der Waals surface area contributed by atoms with Crippen molar-refractivity contribution in [3.05, 3.63) is 34.3 Å². The largest absolute Gasteiger partial charge is 0.445 e. The van der Waals surface area contributed by atoms with Crippen LogP contribution in [0.25, 0.3) is 0 Å². The number of nitrogens with one attached hydrogen (secondary N) is 1. The normalized spacial score (nSPS) is 11.1. The Balaban J connectivity index is 2.87. The minimum Gasteiger partial charge on any atom is -0.445 e. The summed E-state index contributed by atoms with van der Waals surface area (Å²) in [6, 6.07) is 5.09. The van der Waals surface area contributed by atoms with E-state index < -0.39 is 6.09 Å². The molecule has 0 spiro atoms. The molecule has 0 fully saturated rings. The Kier molecular flexibility index (Phi) is 4.78. The first kappa shape index (κ1) is 13.3. The molecule has 0 bridgehead atoms. The fraction of sp³-hybridized carbons (Fsp3) is 0.273. The number of carbonyl (C=O) groups is 1. The van der Waals surface area contributed by atoms with Gasteiger partial charge in [-0.15, -0.1) is 0 Å². The van der Waals surface area contributed by atoms with E-state index in [2.05, 4.69) is 10.5 Å². The van der Waals surface area contributed by atoms with Gasteiger partial charge >= 0.3 is 6.09 Å². The molecular weight excluding hydrogens is 244 g/mol. The molecule has 0 aliphatic heterocycles. The molecular formula is C11H13ClN2O3. The zero-order valence-corrected chi connectivity index (χ0v) is 10.3. The van der Waals surface area contributed by atoms with Crippen LogP contribution in [-0.2, 0) is 11.3 Å². The molecule has 0 saturated carbocycles. The number of oxime groups is 1. The number of ether oxygens (including phenoxy) is 1. The van der Waals surface area contributed by atoms with Gasteiger partial charge in [0.15, 0.2) is 0 Å². The lowest BCUT2D eigenvalue weighted by molar-refractivity contribution is 0.142. The van der Waals surface area contributed by atoms with E-state index in [4.69, 9.17) is 21.5 Å². The summed E-state index contributed by atoms with van der Waals surface area (Å²) in [5, 5.41) is 14.6. The average Bonchev–Trinajstić information content (AvgIpc) is 2.36. The maximum atomic E-state index is 10.9. The number of amides is 1. The lowest BCUT2D eigenvalue weighted by Crippen LogP contribution is -2.19. The quantitative estimate of drug-likeness (QED) is 0.496. The third-order valence-electron chi connectivity index (χ3n) is 2.18. The second-order valence-corrected chi connectivity index (χ2v) is 3.72. The number of nitrogens with zero attached hydrogens (tertiary/aromatic N) is 1. The number of hydrogen-bond acceptors (Lipinski definition) is 4. The third-order valence-corrected chi connectivity index (χ3v) is 2.55. The molecule has 0 aromatic heterocycles. The Bertz CT molecular complexity index is 446. The van der Waals surface area contributed by atoms with Crippen molar-refractivity contribution >= 4 is 23.4 Å². The minimum atomic E-state index is -0.529. The van der Waals surface area contributed by atoms with Crippen molar-refractivity contribution in [2.24, 2.45) is 5.16 Å². The Morgan fingerprint density at radius 3 is 2.88 bits per heavy atom. The molecule has 0 radical (unpaired) electrons. The molecule has 0 unspecified atom stereocenters. The highest BCUT2D eigenvalue weighted by molar-refractivity contribution is 6.31. The van der Waals surface area contributed by atoms with Crippen LogP contribution in [0.15, 0.2) is 23.4 Å². The number of alkyl carbamates (subject to hydrolysis) is 1. The predicted molar refractivity (Wildman–Crippen MR) is 64.7 cm³/mol. The summed E-state index contributed by atoms with van der Waals surface area (Å²) in [7, 11) is 1.48. The van der Waals surface area contributed by atoms with Gasteiger partial charge in [0.25, 0.3) is 0 Å². The second-order valence-electron chi connectivity index (χ2n) is 3.32. The fourth-order valence-corrected chi connectivity index (χ4v) is 1.36. The smallest absolute Gasteiger partial charge is 0.407 e. The van der Waals surface area contributed by atoms with Crippen molar-refractivity contribution in [3.63, 3.8) is 0 Å². The van der Waals surface area contributed by atoms with E-state index in [1.165, 1.54) is 7.05 Å². The van der Waals surface area contributed by atoms with Gasteiger partial charge in [0, 0.05) is 17.6 Å². The Morgan fingerprint density at radius 1 is 1.59 bits per heavy atom. The highest BCUT2D eigenvalue weighted by atomic mass is 35.5. The van der Waals surface area contributed by atoms with Gasteiger partial charge in [-0.3, -0.25) is 0 Å². The van der Waals surface area contributed by atoms with Gasteiger partial charge in [0.05, 0.1) is 5.71 Å². The van der Waals surface area contributed by atoms with Gasteiger partial charge in [-0.1, -0.05) is 22.8 Å². The molecule has 1 rings (SSSR count). The van der Waals surface area contributed by atoms with Crippen LogP contribution in [0.4, 0.5) is 4.79 Å². The topological polar surface area (TPSA) is 70.9 Å². The van der Waals surface area contributed by atoms with E-state index in [1.807, 2.05) is 0 Å². The van der Waals surface area contributed by atoms with E-state index in [9.17, 15) is 4.79 Å². The molecule has 0 aliphatic rings. The summed E-state index contributed by atoms with van der Waals surface area (Å²) in [6.07, 6.45) is -0.529. The zero-order valence-electron chi connectivity index (χ0n) is 9.53. The van der Waals surface area contributed by atoms with E-state index in [1.54, 1.807) is 25.1 Å². The van der Waals surface area contributed by atoms with E-state index >= 15 is 0 Å². The summed E-state index contributed by atoms with van der Waals surface area (Å²) in [4.78, 5) is 10.9. The van der Waals surface area contributed by atoms with Crippen LogP contribution >= 0.6 is 11.6 Å². The Morgan fingerprint density at radius 2 is 2.29 bits per heavy atom. The van der Waals surface area contributed by atoms with Crippen molar-refractivity contribution in [1.82, 2.24) is 5.32 Å². The molecule has 0 atom stereocenters. The first-order valence-electron chi connectivity index (χ1n) is 4.90. The van der Waals surface area contributed by atoms with Crippen molar-refractivity contribution in [2.75, 3.05) is 7.05 Å². The van der Waals surface area contributed by atoms with E-state index in [0.29, 0.717) is 21.9 Å². The summed E-state index contributed by atoms with van der Waals surface area (Å²) < 4.78 is 4.89. The van der Waals surface area contributed by atoms with Crippen LogP contribution in [-0.4, -0.2) is 24.1 Å². The van der Waals surface area contributed by atoms with Crippen molar-refractivity contribution in [1.29, 1.82) is 0 Å². The monoisotopic (exact) mass is 256 g/mol. The Hall–Kier alpha value is -1.75. The molecule has 0 saturated heterocycles. The standard InChI is InChI=1S/C11H13ClN2O3/c1-7(14-16)8-3-4-10(12)9(5-8)6-17-11(15)13-2/h3-5,16H,6H2,1-2H3,(H,13,15). The number of rotatable bonds is 3. The number of halogens is 1. The maximum Gasteiger partial charge on any atom is 0.407 e. The van der Waals surface area contributed by atoms with Gasteiger partial charge in [-0.25, -0.2) is 4.79 Å². The van der Waals surface area contributed by atoms with Gasteiger partial charge < -0.3 is 15.3 Å². The summed E-state index contributed by atoms with van der Waals surface area (Å²) >= 11 is 5.96. The van der Waals surface area contributed by atoms with Crippen molar-refractivity contribution < 1.29 is 14.7 Å². The second kappa shape index (κ2) is 6.10. The summed E-state index contributed by atoms with van der Waals surface area (Å²) in [5.74, 6) is 0. The van der Waals surface area contributed by atoms with Gasteiger partial charge in [0.2, 0.25) is 0 Å². The maximum absolute atomic E-state index is 10.9. The Labute approximate surface area is 104 Å². The first-order chi connectivity index (χ1) is 8.08. The van der Waals surface area contributed by atoms with Gasteiger partial charge in [-0.2, -0.15) is 0 Å². The minimum absolute atomic E-state index is 0.0606. The molecule has 1 aromatic carbocycles. The molecule has 17 heavy (non-hydrogen) atoms. The highest BCUT2D eigenvalue weighted by Crippen LogP contribution is 2.19. The number of carbonyl (C=O) groups excluding carboxylic acids is 1. The lowest BCUT2D eigenvalue weighted by atomic mass is 10.1. The van der Waals surface area contributed by atoms with Crippen LogP contribution in [0.1, 0.15) is 18.1 Å². The third kappa shape index (κ3) is 3.64. The molecule has 6 heteroatoms. The number of benzene rings is 1. The molecule has 1 amide bonds. The van der Waals surface area contributed by atoms with Crippen LogP contribution in [0.5, 0.6) is 0 Å². The van der Waals surface area contributed by atoms with Crippen LogP contribution in [0.3, 0.4) is 0 Å². The van der Waals surface area contributed by atoms with Crippen LogP contribution in [0.2, 0.25) is 5.02 Å². The zero-order chi connectivity index (χ0) is 12.8. The van der Waals surface area contributed by atoms with Crippen LogP contribution in [0, 0.1) is 0 Å². The molecule has 5 nitrogen and oxygen atoms in total. The molecule has 1 aromatic rings. The van der Waals surface area contributed by atoms with Crippen molar-refractivity contribution in [3.8, 4) is 0 Å². The molecule has 0 aliphatic carbocycles. The molecule has 0 heterocycles. The van der Waals surface area contributed by atoms with Gasteiger partial charge in [0.1, 0.15) is 6.61 Å². The summed E-state index contributed by atoms with van der Waals surface area (Å²) in [6.45, 7) is 1.72. The molecule has 2 N–H and O–H groups in total. The summed E-state index contributed by atoms with van der Waals surface area (Å²) in [5.41, 5.74) is 1.83. The van der Waals surface area contributed by atoms with Crippen LogP contribution < -0.4 is 5.32 Å². The molecule has 92 valence electrons. The van der Waals surface area contributed by atoms with Crippen molar-refractivity contribution in [2.45, 2.75) is 13.5 Å². The van der Waals surface area contributed by atoms with Gasteiger partial charge in [-0.05, 0) is 24.6 Å². The lowest BCUT2D eigenvalue weighted by Gasteiger charge is -2.08. The fourth-order valence-electron chi connectivity index (χ4n) is 1.18. The first-order valence-corrected chi connectivity index (χ1v) is 5.28. The highest BCUT2D eigenvalue weighted by Gasteiger charge is 2.07. The predicted octanol–water partition coefficient (Wildman–Crippen LogP) is 2.39. The average molecular weight is 257 g/mol. The van der Waals surface area contributed by atoms with E-state index in [0.717, 1.165) is 0 Å². The SMILES string of the molecule is CNC(=O)OCc1cc(C(C)=NO)ccc1Cl. The number of hydrogen-bond donors (Lipinski definition) is 2. The van der Waals surface area contributed by atoms with E-state index in [-0.39, 0.29) is 6.61 Å².